The molecule has 2 fully saturated rings. The van der Waals surface area contributed by atoms with E-state index in [4.69, 9.17) is 51.4 Å². The number of aromatic hydroxyl groups is 1. The number of ether oxygens (including phenoxy) is 3. The molecule has 0 spiro atoms. The number of phenols is 1. The first kappa shape index (κ1) is 58.9. The normalized spacial score (nSPS) is 17.4. The van der Waals surface area contributed by atoms with Gasteiger partial charge in [0.25, 0.3) is 0 Å². The van der Waals surface area contributed by atoms with Gasteiger partial charge >= 0.3 is 14.4 Å². The third kappa shape index (κ3) is 15.9. The third-order valence-electron chi connectivity index (χ3n) is 13.5. The maximum absolute atomic E-state index is 9.04. The molecule has 0 atom stereocenters. The first-order valence-corrected chi connectivity index (χ1v) is 29.0. The quantitative estimate of drug-likeness (QED) is 0.196. The van der Waals surface area contributed by atoms with Crippen molar-refractivity contribution in [3.05, 3.63) is 65.2 Å². The van der Waals surface area contributed by atoms with E-state index in [1.807, 2.05) is 72.7 Å². The molecule has 0 aliphatic carbocycles. The third-order valence-corrected chi connectivity index (χ3v) is 22.3. The van der Waals surface area contributed by atoms with Crippen LogP contribution in [0.4, 0.5) is 0 Å². The van der Waals surface area contributed by atoms with E-state index in [9.17, 15) is 0 Å². The Bertz CT molecular complexity index is 1980. The Labute approximate surface area is 403 Å². The summed E-state index contributed by atoms with van der Waals surface area (Å²) in [6.45, 7) is 48.7. The second-order valence-corrected chi connectivity index (χ2v) is 32.2. The fourth-order valence-corrected chi connectivity index (χ4v) is 7.95. The van der Waals surface area contributed by atoms with Crippen molar-refractivity contribution < 1.29 is 51.4 Å². The molecule has 11 nitrogen and oxygen atoms in total. The van der Waals surface area contributed by atoms with Gasteiger partial charge in [0.15, 0.2) is 0 Å². The van der Waals surface area contributed by atoms with Crippen LogP contribution >= 0.6 is 0 Å². The number of methoxy groups -OCH3 is 3. The fourth-order valence-electron chi connectivity index (χ4n) is 5.92. The fraction of sp³-hybridized carbons (Fsp3) is 0.647. The molecule has 0 amide bonds. The molecule has 15 heteroatoms. The highest BCUT2D eigenvalue weighted by atomic mass is 28.4. The molecule has 0 unspecified atom stereocenters. The Kier molecular flexibility index (Phi) is 19.7. The van der Waals surface area contributed by atoms with Crippen molar-refractivity contribution in [1.29, 1.82) is 0 Å². The van der Waals surface area contributed by atoms with Gasteiger partial charge in [0.2, 0.25) is 16.6 Å². The second kappa shape index (κ2) is 22.1. The largest absolute Gasteiger partial charge is 0.640 e. The lowest BCUT2D eigenvalue weighted by molar-refractivity contribution is 0.00578. The monoisotopic (exact) mass is 955 g/mol. The predicted molar refractivity (Wildman–Crippen MR) is 279 cm³/mol. The van der Waals surface area contributed by atoms with E-state index >= 15 is 0 Å². The number of hydrogen-bond acceptors (Lipinski definition) is 11. The van der Waals surface area contributed by atoms with Crippen LogP contribution in [0.2, 0.25) is 36.3 Å². The number of benzene rings is 3. The van der Waals surface area contributed by atoms with Gasteiger partial charge in [-0.3, -0.25) is 0 Å². The maximum Gasteiger partial charge on any atom is 0.640 e. The van der Waals surface area contributed by atoms with Gasteiger partial charge in [-0.1, -0.05) is 41.5 Å². The first-order chi connectivity index (χ1) is 29.7. The van der Waals surface area contributed by atoms with Crippen LogP contribution in [0.3, 0.4) is 0 Å². The predicted octanol–water partition coefficient (Wildman–Crippen LogP) is 12.8. The minimum atomic E-state index is -1.92. The molecule has 0 aromatic heterocycles. The van der Waals surface area contributed by atoms with Crippen molar-refractivity contribution in [2.75, 3.05) is 21.3 Å². The van der Waals surface area contributed by atoms with Crippen LogP contribution in [-0.4, -0.2) is 86.0 Å². The molecule has 1 N–H and O–H groups in total. The molecule has 2 aliphatic heterocycles. The molecule has 0 saturated carbocycles. The summed E-state index contributed by atoms with van der Waals surface area (Å²) in [7, 11) is 0.295. The summed E-state index contributed by atoms with van der Waals surface area (Å²) < 4.78 is 57.8. The van der Waals surface area contributed by atoms with Gasteiger partial charge in [-0.25, -0.2) is 0 Å². The zero-order chi connectivity index (χ0) is 51.2. The molecule has 2 aliphatic rings. The van der Waals surface area contributed by atoms with Crippen LogP contribution < -0.4 is 28.5 Å². The SMILES string of the molecule is CC(C)OB1OC(C)(C)C(C)(C)O1.COc1cc(C)cc(O)c1.COc1cc(C)cc(O[Si](C)(C)C(C)(C)C)c1.COc1cc(O[Si](C)(C)C(C)(C)C)cc(C)c1B1OC(C)(C)C(C)(C)O1. The van der Waals surface area contributed by atoms with Crippen LogP contribution in [0.1, 0.15) is 127 Å². The molecule has 66 heavy (non-hydrogen) atoms. The van der Waals surface area contributed by atoms with Gasteiger partial charge in [-0.2, -0.15) is 0 Å². The van der Waals surface area contributed by atoms with Gasteiger partial charge in [0.1, 0.15) is 34.5 Å². The summed E-state index contributed by atoms with van der Waals surface area (Å²) in [5, 5.41) is 9.39. The molecule has 0 radical (unpaired) electrons. The van der Waals surface area contributed by atoms with Crippen molar-refractivity contribution in [3.63, 3.8) is 0 Å². The molecule has 2 heterocycles. The molecule has 372 valence electrons. The average molecular weight is 955 g/mol. The molecule has 0 bridgehead atoms. The average Bonchev–Trinajstić information content (AvgIpc) is 3.47. The number of phenolic OH excluding ortho intramolecular Hbond substituents is 1. The highest BCUT2D eigenvalue weighted by molar-refractivity contribution is 6.75. The lowest BCUT2D eigenvalue weighted by Gasteiger charge is -2.36. The van der Waals surface area contributed by atoms with Crippen molar-refractivity contribution in [2.45, 2.75) is 196 Å². The number of aryl methyl sites for hydroxylation is 3. The highest BCUT2D eigenvalue weighted by Gasteiger charge is 2.54. The maximum atomic E-state index is 9.04. The van der Waals surface area contributed by atoms with Crippen molar-refractivity contribution in [3.8, 4) is 34.5 Å². The minimum absolute atomic E-state index is 0.120. The van der Waals surface area contributed by atoms with Gasteiger partial charge in [-0.05, 0) is 173 Å². The Morgan fingerprint density at radius 3 is 1.29 bits per heavy atom. The molecular weight excluding hydrogens is 866 g/mol. The van der Waals surface area contributed by atoms with Crippen LogP contribution in [-0.2, 0) is 23.3 Å². The summed E-state index contributed by atoms with van der Waals surface area (Å²) in [5.74, 6) is 4.32. The topological polar surface area (TPSA) is 113 Å². The Morgan fingerprint density at radius 1 is 0.530 bits per heavy atom. The van der Waals surface area contributed by atoms with E-state index in [0.29, 0.717) is 5.75 Å². The van der Waals surface area contributed by atoms with Crippen LogP contribution in [0.25, 0.3) is 0 Å². The Morgan fingerprint density at radius 2 is 0.909 bits per heavy atom. The second-order valence-electron chi connectivity index (χ2n) is 22.8. The first-order valence-electron chi connectivity index (χ1n) is 23.2. The van der Waals surface area contributed by atoms with Crippen LogP contribution in [0.15, 0.2) is 48.5 Å². The molecule has 3 aromatic rings. The van der Waals surface area contributed by atoms with Gasteiger partial charge in [-0.15, -0.1) is 0 Å². The number of hydrogen-bond donors (Lipinski definition) is 1. The van der Waals surface area contributed by atoms with Crippen molar-refractivity contribution in [1.82, 2.24) is 0 Å². The van der Waals surface area contributed by atoms with Gasteiger partial charge in [0, 0.05) is 29.8 Å². The summed E-state index contributed by atoms with van der Waals surface area (Å²) in [5.41, 5.74) is 2.79. The van der Waals surface area contributed by atoms with Gasteiger partial charge < -0.3 is 51.4 Å². The summed E-state index contributed by atoms with van der Waals surface area (Å²) in [4.78, 5) is 0. The standard InChI is InChI=1S/C20H35BO4Si.C14H24O2Si.C9H19BO3.C8H10O2/c1-14-12-15(23-26(10,11)18(2,3)4)13-16(22-9)17(14)21-24-19(5,6)20(7,8)25-21;1-11-8-12(15-5)10-13(9-11)16-17(6,7)14(2,3)4;1-7(2)11-10-12-8(3,4)9(5,6)13-10;1-6-3-7(9)5-8(4-6)10-2/h12-13H,1-11H3;8-10H,1-7H3;7H,1-6H3;3-5,9H,1-2H3. The van der Waals surface area contributed by atoms with Crippen molar-refractivity contribution in [2.24, 2.45) is 0 Å². The smallest absolute Gasteiger partial charge is 0.543 e. The summed E-state index contributed by atoms with van der Waals surface area (Å²) in [6, 6.07) is 15.2. The Balaban J connectivity index is 0.000000323. The van der Waals surface area contributed by atoms with E-state index in [2.05, 4.69) is 121 Å². The molecule has 3 aromatic carbocycles. The highest BCUT2D eigenvalue weighted by Crippen LogP contribution is 2.42. The van der Waals surface area contributed by atoms with E-state index in [-0.39, 0.29) is 44.3 Å². The summed E-state index contributed by atoms with van der Waals surface area (Å²) >= 11 is 0. The molecule has 2 saturated heterocycles. The molecular formula is C51H88B2O11Si2. The van der Waals surface area contributed by atoms with Crippen LogP contribution in [0, 0.1) is 20.8 Å². The van der Waals surface area contributed by atoms with Crippen LogP contribution in [0.5, 0.6) is 34.5 Å². The minimum Gasteiger partial charge on any atom is -0.543 e. The zero-order valence-electron chi connectivity index (χ0n) is 45.9. The van der Waals surface area contributed by atoms with E-state index in [1.54, 1.807) is 33.5 Å². The zero-order valence-corrected chi connectivity index (χ0v) is 47.9. The Hall–Kier alpha value is -3.18. The molecule has 5 rings (SSSR count). The van der Waals surface area contributed by atoms with E-state index < -0.39 is 31.1 Å². The van der Waals surface area contributed by atoms with Crippen molar-refractivity contribution >= 4 is 36.5 Å². The number of rotatable bonds is 10. The van der Waals surface area contributed by atoms with Gasteiger partial charge in [0.05, 0.1) is 43.7 Å². The lowest BCUT2D eigenvalue weighted by Crippen LogP contribution is -2.44. The van der Waals surface area contributed by atoms with E-state index in [0.717, 1.165) is 45.2 Å². The lowest BCUT2D eigenvalue weighted by atomic mass is 9.75. The summed E-state index contributed by atoms with van der Waals surface area (Å²) in [6.07, 6.45) is 0.120. The van der Waals surface area contributed by atoms with E-state index in [1.165, 1.54) is 0 Å².